The SMILES string of the molecule is OCC1(CCC2(CO)C3=C(NC4C=CC=CC4=C3)C3CCCCC32)C2=C(NC3CCCCC3=C2)c2ccccc21. The standard InChI is InChI=1S/C36H42N2O2/c39-21-35(27-13-5-3-11-25(27)33-29(35)19-23-9-1-7-15-31(23)37-33)17-18-36(22-40)28-14-6-4-12-26(28)34-30(36)20-24-10-2-8-16-32(24)38-34/h1,4,6-7,9,12,14-15,19-20,25,27,31-32,37-40H,2-3,5,8,10-11,13,16-18,21-22H2. The number of nitrogens with one attached hydrogen (secondary N) is 2. The molecular weight excluding hydrogens is 492 g/mol. The highest BCUT2D eigenvalue weighted by Crippen LogP contribution is 2.61. The van der Waals surface area contributed by atoms with Crippen molar-refractivity contribution in [1.29, 1.82) is 0 Å². The van der Waals surface area contributed by atoms with E-state index < -0.39 is 5.41 Å². The average Bonchev–Trinajstić information content (AvgIpc) is 3.44. The van der Waals surface area contributed by atoms with E-state index in [1.165, 1.54) is 89.8 Å². The van der Waals surface area contributed by atoms with E-state index in [2.05, 4.69) is 71.4 Å². The molecule has 0 amide bonds. The van der Waals surface area contributed by atoms with E-state index in [4.69, 9.17) is 0 Å². The number of aliphatic hydroxyl groups excluding tert-OH is 2. The zero-order valence-corrected chi connectivity index (χ0v) is 23.5. The Bertz CT molecular complexity index is 1430. The molecule has 2 aliphatic heterocycles. The van der Waals surface area contributed by atoms with Gasteiger partial charge in [-0.2, -0.15) is 0 Å². The molecule has 0 radical (unpaired) electrons. The van der Waals surface area contributed by atoms with Crippen molar-refractivity contribution in [1.82, 2.24) is 10.6 Å². The van der Waals surface area contributed by atoms with Crippen LogP contribution in [0.25, 0.3) is 5.70 Å². The van der Waals surface area contributed by atoms with Gasteiger partial charge in [-0.1, -0.05) is 80.0 Å². The summed E-state index contributed by atoms with van der Waals surface area (Å²) in [6.45, 7) is 0.259. The molecule has 0 spiro atoms. The summed E-state index contributed by atoms with van der Waals surface area (Å²) in [7, 11) is 0. The fourth-order valence-corrected chi connectivity index (χ4v) is 9.68. The van der Waals surface area contributed by atoms with Crippen LogP contribution >= 0.6 is 0 Å². The van der Waals surface area contributed by atoms with Crippen molar-refractivity contribution in [3.8, 4) is 0 Å². The van der Waals surface area contributed by atoms with Gasteiger partial charge >= 0.3 is 0 Å². The lowest BCUT2D eigenvalue weighted by Crippen LogP contribution is -2.41. The van der Waals surface area contributed by atoms with Crippen molar-refractivity contribution in [2.24, 2.45) is 17.3 Å². The van der Waals surface area contributed by atoms with Gasteiger partial charge in [-0.3, -0.25) is 0 Å². The van der Waals surface area contributed by atoms with Crippen LogP contribution in [0.1, 0.15) is 75.3 Å². The Morgan fingerprint density at radius 3 is 2.62 bits per heavy atom. The first-order valence-corrected chi connectivity index (χ1v) is 15.8. The monoisotopic (exact) mass is 534 g/mol. The first-order chi connectivity index (χ1) is 19.7. The van der Waals surface area contributed by atoms with E-state index in [9.17, 15) is 10.2 Å². The van der Waals surface area contributed by atoms with E-state index in [0.717, 1.165) is 19.3 Å². The summed E-state index contributed by atoms with van der Waals surface area (Å²) in [6.07, 6.45) is 25.1. The Morgan fingerprint density at radius 2 is 1.73 bits per heavy atom. The molecular formula is C36H42N2O2. The van der Waals surface area contributed by atoms with Crippen molar-refractivity contribution in [3.05, 3.63) is 99.8 Å². The Labute approximate surface area is 238 Å². The Hall–Kier alpha value is -2.82. The first-order valence-electron chi connectivity index (χ1n) is 15.8. The number of dihydropyridines is 2. The zero-order chi connectivity index (χ0) is 26.9. The van der Waals surface area contributed by atoms with Crippen molar-refractivity contribution < 1.29 is 10.2 Å². The number of aliphatic hydroxyl groups is 2. The lowest BCUT2D eigenvalue weighted by Gasteiger charge is -2.43. The number of hydrogen-bond acceptors (Lipinski definition) is 4. The number of rotatable bonds is 5. The number of allylic oxidation sites excluding steroid dienone is 5. The van der Waals surface area contributed by atoms with Crippen LogP contribution in [0.5, 0.6) is 0 Å². The molecule has 5 aliphatic carbocycles. The van der Waals surface area contributed by atoms with Crippen molar-refractivity contribution in [3.63, 3.8) is 0 Å². The van der Waals surface area contributed by atoms with Gasteiger partial charge in [0.15, 0.2) is 0 Å². The average molecular weight is 535 g/mol. The highest BCUT2D eigenvalue weighted by Gasteiger charge is 2.56. The lowest BCUT2D eigenvalue weighted by atomic mass is 9.61. The third kappa shape index (κ3) is 3.39. The number of fused-ring (bicyclic) bond motifs is 6. The van der Waals surface area contributed by atoms with Gasteiger partial charge < -0.3 is 20.8 Å². The van der Waals surface area contributed by atoms with E-state index in [0.29, 0.717) is 17.9 Å². The molecule has 0 saturated heterocycles. The van der Waals surface area contributed by atoms with E-state index in [-0.39, 0.29) is 24.7 Å². The van der Waals surface area contributed by atoms with Crippen LogP contribution in [0.3, 0.4) is 0 Å². The molecule has 4 nitrogen and oxygen atoms in total. The van der Waals surface area contributed by atoms with Gasteiger partial charge in [0.2, 0.25) is 0 Å². The molecule has 0 aromatic heterocycles. The maximum Gasteiger partial charge on any atom is 0.0698 e. The number of hydrogen-bond donors (Lipinski definition) is 4. The summed E-state index contributed by atoms with van der Waals surface area (Å²) in [4.78, 5) is 0. The lowest BCUT2D eigenvalue weighted by molar-refractivity contribution is 0.0517. The van der Waals surface area contributed by atoms with Gasteiger partial charge in [0.25, 0.3) is 0 Å². The quantitative estimate of drug-likeness (QED) is 0.376. The van der Waals surface area contributed by atoms with Crippen molar-refractivity contribution in [2.75, 3.05) is 13.2 Å². The minimum atomic E-state index is -0.449. The van der Waals surface area contributed by atoms with Crippen LogP contribution in [-0.4, -0.2) is 35.5 Å². The number of benzene rings is 1. The minimum absolute atomic E-state index is 0.0927. The Balaban J connectivity index is 1.21. The largest absolute Gasteiger partial charge is 0.395 e. The Morgan fingerprint density at radius 1 is 0.850 bits per heavy atom. The summed E-state index contributed by atoms with van der Waals surface area (Å²) >= 11 is 0. The molecule has 7 aliphatic rings. The van der Waals surface area contributed by atoms with Gasteiger partial charge in [0.05, 0.1) is 19.3 Å². The molecule has 2 saturated carbocycles. The van der Waals surface area contributed by atoms with Gasteiger partial charge in [-0.25, -0.2) is 0 Å². The molecule has 2 fully saturated rings. The third-order valence-corrected chi connectivity index (χ3v) is 11.7. The van der Waals surface area contributed by atoms with Crippen LogP contribution in [0.4, 0.5) is 0 Å². The van der Waals surface area contributed by atoms with E-state index >= 15 is 0 Å². The van der Waals surface area contributed by atoms with Gasteiger partial charge in [0.1, 0.15) is 0 Å². The molecule has 208 valence electrons. The molecule has 2 heterocycles. The summed E-state index contributed by atoms with van der Waals surface area (Å²) in [5.74, 6) is 0.935. The molecule has 1 aromatic carbocycles. The summed E-state index contributed by atoms with van der Waals surface area (Å²) in [6, 6.07) is 9.42. The molecule has 40 heavy (non-hydrogen) atoms. The molecule has 6 atom stereocenters. The maximum atomic E-state index is 11.4. The molecule has 4 N–H and O–H groups in total. The normalized spacial score (nSPS) is 36.9. The van der Waals surface area contributed by atoms with Crippen LogP contribution in [0.2, 0.25) is 0 Å². The summed E-state index contributed by atoms with van der Waals surface area (Å²) in [5, 5.41) is 30.6. The maximum absolute atomic E-state index is 11.4. The van der Waals surface area contributed by atoms with Crippen LogP contribution < -0.4 is 10.6 Å². The first kappa shape index (κ1) is 24.9. The van der Waals surface area contributed by atoms with E-state index in [1.54, 1.807) is 0 Å². The highest BCUT2D eigenvalue weighted by atomic mass is 16.3. The molecule has 4 heteroatoms. The molecule has 0 bridgehead atoms. The highest BCUT2D eigenvalue weighted by molar-refractivity contribution is 5.83. The fourth-order valence-electron chi connectivity index (χ4n) is 9.68. The zero-order valence-electron chi connectivity index (χ0n) is 23.5. The predicted octanol–water partition coefficient (Wildman–Crippen LogP) is 5.97. The van der Waals surface area contributed by atoms with Crippen molar-refractivity contribution >= 4 is 5.70 Å². The summed E-state index contributed by atoms with van der Waals surface area (Å²) in [5.41, 5.74) is 9.85. The molecule has 8 rings (SSSR count). The van der Waals surface area contributed by atoms with Crippen LogP contribution in [0.15, 0.2) is 88.7 Å². The fraction of sp³-hybridized carbons (Fsp3) is 0.500. The second kappa shape index (κ2) is 9.36. The predicted molar refractivity (Wildman–Crippen MR) is 160 cm³/mol. The second-order valence-corrected chi connectivity index (χ2v) is 13.4. The molecule has 1 aromatic rings. The van der Waals surface area contributed by atoms with Gasteiger partial charge in [0, 0.05) is 39.7 Å². The van der Waals surface area contributed by atoms with Crippen molar-refractivity contribution in [2.45, 2.75) is 81.7 Å². The summed E-state index contributed by atoms with van der Waals surface area (Å²) < 4.78 is 0. The molecule has 6 unspecified atom stereocenters. The smallest absolute Gasteiger partial charge is 0.0698 e. The topological polar surface area (TPSA) is 64.5 Å². The van der Waals surface area contributed by atoms with Crippen LogP contribution in [0, 0.1) is 17.3 Å². The second-order valence-electron chi connectivity index (χ2n) is 13.4. The van der Waals surface area contributed by atoms with Gasteiger partial charge in [-0.05, 0) is 78.7 Å². The van der Waals surface area contributed by atoms with Crippen LogP contribution in [-0.2, 0) is 5.41 Å². The Kier molecular flexibility index (Phi) is 5.83. The minimum Gasteiger partial charge on any atom is -0.395 e. The third-order valence-electron chi connectivity index (χ3n) is 11.7. The van der Waals surface area contributed by atoms with E-state index in [1.807, 2.05) is 0 Å². The van der Waals surface area contributed by atoms with Gasteiger partial charge in [-0.15, -0.1) is 0 Å².